The third kappa shape index (κ3) is 4.33. The van der Waals surface area contributed by atoms with Crippen molar-refractivity contribution in [1.29, 1.82) is 0 Å². The Balaban J connectivity index is 1.25. The van der Waals surface area contributed by atoms with Crippen LogP contribution in [0.25, 0.3) is 0 Å². The number of hydrogen-bond donors (Lipinski definition) is 0. The van der Waals surface area contributed by atoms with E-state index in [2.05, 4.69) is 9.88 Å². The summed E-state index contributed by atoms with van der Waals surface area (Å²) in [7, 11) is 0. The van der Waals surface area contributed by atoms with Gasteiger partial charge in [-0.15, -0.1) is 0 Å². The number of ether oxygens (including phenoxy) is 1. The van der Waals surface area contributed by atoms with Gasteiger partial charge in [-0.05, 0) is 49.9 Å². The number of aromatic nitrogens is 1. The molecule has 0 aliphatic carbocycles. The Hall–Kier alpha value is -2.47. The van der Waals surface area contributed by atoms with Crippen LogP contribution in [-0.2, 0) is 0 Å². The number of halogens is 1. The van der Waals surface area contributed by atoms with Crippen molar-refractivity contribution in [2.75, 3.05) is 26.2 Å². The molecule has 1 aromatic heterocycles. The fraction of sp³-hybridized carbons (Fsp3) is 0.455. The highest BCUT2D eigenvalue weighted by Crippen LogP contribution is 2.24. The van der Waals surface area contributed by atoms with Gasteiger partial charge in [0.1, 0.15) is 17.7 Å². The summed E-state index contributed by atoms with van der Waals surface area (Å²) in [6.45, 7) is 3.40. The minimum absolute atomic E-state index is 0.176. The summed E-state index contributed by atoms with van der Waals surface area (Å²) in [5, 5.41) is 0. The molecule has 4 rings (SSSR count). The first kappa shape index (κ1) is 18.9. The van der Waals surface area contributed by atoms with Crippen LogP contribution in [-0.4, -0.2) is 59.0 Å². The lowest BCUT2D eigenvalue weighted by atomic mass is 9.98. The second kappa shape index (κ2) is 8.69. The number of rotatable bonds is 4. The smallest absolute Gasteiger partial charge is 0.256 e. The number of likely N-dealkylation sites (tertiary alicyclic amines) is 2. The lowest BCUT2D eigenvalue weighted by molar-refractivity contribution is 0.0423. The zero-order valence-corrected chi connectivity index (χ0v) is 16.0. The van der Waals surface area contributed by atoms with Gasteiger partial charge in [-0.25, -0.2) is 4.39 Å². The third-order valence-electron chi connectivity index (χ3n) is 5.80. The molecule has 6 heteroatoms. The highest BCUT2D eigenvalue weighted by molar-refractivity contribution is 5.94. The van der Waals surface area contributed by atoms with Gasteiger partial charge in [0, 0.05) is 44.6 Å². The molecule has 28 heavy (non-hydrogen) atoms. The summed E-state index contributed by atoms with van der Waals surface area (Å²) in [6.07, 6.45) is 7.66. The second-order valence-electron chi connectivity index (χ2n) is 7.54. The van der Waals surface area contributed by atoms with Crippen molar-refractivity contribution in [1.82, 2.24) is 14.8 Å². The van der Waals surface area contributed by atoms with E-state index in [-0.39, 0.29) is 17.6 Å². The normalized spacial score (nSPS) is 19.5. The van der Waals surface area contributed by atoms with Crippen LogP contribution >= 0.6 is 0 Å². The zero-order chi connectivity index (χ0) is 19.3. The van der Waals surface area contributed by atoms with Gasteiger partial charge >= 0.3 is 0 Å². The lowest BCUT2D eigenvalue weighted by Gasteiger charge is -2.41. The van der Waals surface area contributed by atoms with E-state index in [0.717, 1.165) is 44.5 Å². The molecule has 0 unspecified atom stereocenters. The van der Waals surface area contributed by atoms with Crippen LogP contribution in [0.4, 0.5) is 4.39 Å². The molecule has 1 aromatic carbocycles. The molecule has 2 aliphatic rings. The summed E-state index contributed by atoms with van der Waals surface area (Å²) < 4.78 is 19.9. The maximum absolute atomic E-state index is 13.9. The number of carbonyl (C=O) groups excluding carboxylic acids is 1. The molecular weight excluding hydrogens is 357 g/mol. The van der Waals surface area contributed by atoms with Gasteiger partial charge in [-0.1, -0.05) is 12.1 Å². The Morgan fingerprint density at radius 1 is 0.964 bits per heavy atom. The largest absolute Gasteiger partial charge is 0.490 e. The molecule has 148 valence electrons. The number of pyridine rings is 1. The van der Waals surface area contributed by atoms with Crippen molar-refractivity contribution in [2.45, 2.75) is 37.8 Å². The summed E-state index contributed by atoms with van der Waals surface area (Å²) in [5.74, 6) is 0.250. The van der Waals surface area contributed by atoms with E-state index < -0.39 is 5.82 Å². The van der Waals surface area contributed by atoms with Gasteiger partial charge < -0.3 is 9.64 Å². The van der Waals surface area contributed by atoms with Crippen LogP contribution in [0.5, 0.6) is 5.75 Å². The molecule has 0 N–H and O–H groups in total. The fourth-order valence-corrected chi connectivity index (χ4v) is 4.21. The summed E-state index contributed by atoms with van der Waals surface area (Å²) in [4.78, 5) is 20.9. The average molecular weight is 383 g/mol. The van der Waals surface area contributed by atoms with E-state index in [9.17, 15) is 9.18 Å². The monoisotopic (exact) mass is 383 g/mol. The van der Waals surface area contributed by atoms with Crippen molar-refractivity contribution >= 4 is 5.91 Å². The quantitative estimate of drug-likeness (QED) is 0.812. The van der Waals surface area contributed by atoms with Crippen LogP contribution in [0.15, 0.2) is 48.8 Å². The van der Waals surface area contributed by atoms with Crippen molar-refractivity contribution in [3.63, 3.8) is 0 Å². The molecule has 5 nitrogen and oxygen atoms in total. The van der Waals surface area contributed by atoms with E-state index >= 15 is 0 Å². The van der Waals surface area contributed by atoms with Crippen LogP contribution in [0.2, 0.25) is 0 Å². The molecule has 0 spiro atoms. The Morgan fingerprint density at radius 2 is 1.64 bits per heavy atom. The first-order valence-electron chi connectivity index (χ1n) is 10.1. The van der Waals surface area contributed by atoms with Crippen LogP contribution < -0.4 is 4.74 Å². The first-order chi connectivity index (χ1) is 13.7. The summed E-state index contributed by atoms with van der Waals surface area (Å²) in [6, 6.07) is 10.5. The van der Waals surface area contributed by atoms with E-state index in [4.69, 9.17) is 4.74 Å². The zero-order valence-electron chi connectivity index (χ0n) is 16.0. The van der Waals surface area contributed by atoms with Crippen LogP contribution in [0, 0.1) is 5.82 Å². The minimum Gasteiger partial charge on any atom is -0.490 e. The fourth-order valence-electron chi connectivity index (χ4n) is 4.21. The minimum atomic E-state index is -0.439. The second-order valence-corrected chi connectivity index (χ2v) is 7.54. The van der Waals surface area contributed by atoms with Gasteiger partial charge in [0.15, 0.2) is 0 Å². The molecule has 0 saturated carbocycles. The number of amides is 1. The first-order valence-corrected chi connectivity index (χ1v) is 10.1. The van der Waals surface area contributed by atoms with Gasteiger partial charge in [0.05, 0.1) is 5.56 Å². The standard InChI is InChI=1S/C22H26FN3O2/c23-21-4-2-1-3-20(21)22(27)26-13-7-17(8-14-26)25-15-9-19(10-16-25)28-18-5-11-24-12-6-18/h1-6,11-12,17,19H,7-10,13-16H2. The lowest BCUT2D eigenvalue weighted by Crippen LogP contribution is -2.50. The number of nitrogens with zero attached hydrogens (tertiary/aromatic N) is 3. The van der Waals surface area contributed by atoms with Crippen molar-refractivity contribution < 1.29 is 13.9 Å². The number of carbonyl (C=O) groups is 1. The summed E-state index contributed by atoms with van der Waals surface area (Å²) >= 11 is 0. The maximum atomic E-state index is 13.9. The van der Waals surface area contributed by atoms with Crippen molar-refractivity contribution in [3.8, 4) is 5.75 Å². The van der Waals surface area contributed by atoms with E-state index in [1.54, 1.807) is 35.5 Å². The molecule has 2 aromatic rings. The molecule has 2 saturated heterocycles. The van der Waals surface area contributed by atoms with Gasteiger partial charge in [0.25, 0.3) is 5.91 Å². The van der Waals surface area contributed by atoms with Crippen molar-refractivity contribution in [3.05, 3.63) is 60.2 Å². The average Bonchev–Trinajstić information content (AvgIpc) is 2.75. The highest BCUT2D eigenvalue weighted by atomic mass is 19.1. The number of hydrogen-bond acceptors (Lipinski definition) is 4. The molecule has 1 amide bonds. The summed E-state index contributed by atoms with van der Waals surface area (Å²) in [5.41, 5.74) is 0.176. The Kier molecular flexibility index (Phi) is 5.86. The Labute approximate surface area is 165 Å². The molecule has 2 aliphatic heterocycles. The molecule has 0 radical (unpaired) electrons. The molecule has 3 heterocycles. The SMILES string of the molecule is O=C(c1ccccc1F)N1CCC(N2CCC(Oc3ccncc3)CC2)CC1. The van der Waals surface area contributed by atoms with E-state index in [1.807, 2.05) is 12.1 Å². The molecule has 0 bridgehead atoms. The molecular formula is C22H26FN3O2. The predicted octanol–water partition coefficient (Wildman–Crippen LogP) is 3.37. The topological polar surface area (TPSA) is 45.7 Å². The predicted molar refractivity (Wildman–Crippen MR) is 105 cm³/mol. The molecule has 2 fully saturated rings. The highest BCUT2D eigenvalue weighted by Gasteiger charge is 2.31. The van der Waals surface area contributed by atoms with Crippen molar-refractivity contribution in [2.24, 2.45) is 0 Å². The number of benzene rings is 1. The molecule has 0 atom stereocenters. The third-order valence-corrected chi connectivity index (χ3v) is 5.80. The Morgan fingerprint density at radius 3 is 2.32 bits per heavy atom. The number of piperidine rings is 2. The Bertz CT molecular complexity index is 785. The van der Waals surface area contributed by atoms with E-state index in [1.165, 1.54) is 6.07 Å². The van der Waals surface area contributed by atoms with Gasteiger partial charge in [-0.3, -0.25) is 14.7 Å². The van der Waals surface area contributed by atoms with E-state index in [0.29, 0.717) is 19.1 Å². The van der Waals surface area contributed by atoms with Gasteiger partial charge in [-0.2, -0.15) is 0 Å². The van der Waals surface area contributed by atoms with Gasteiger partial charge in [0.2, 0.25) is 0 Å². The maximum Gasteiger partial charge on any atom is 0.256 e. The van der Waals surface area contributed by atoms with Crippen LogP contribution in [0.3, 0.4) is 0 Å². The van der Waals surface area contributed by atoms with Crippen LogP contribution in [0.1, 0.15) is 36.0 Å².